The fraction of sp³-hybridized carbons (Fsp3) is 0.261. The van der Waals surface area contributed by atoms with Crippen LogP contribution in [-0.2, 0) is 11.3 Å². The number of nitrogens with one attached hydrogen (secondary N) is 1. The minimum Gasteiger partial charge on any atom is -0.352 e. The summed E-state index contributed by atoms with van der Waals surface area (Å²) in [5.41, 5.74) is 1.78. The Bertz CT molecular complexity index is 1340. The molecule has 3 heterocycles. The predicted octanol–water partition coefficient (Wildman–Crippen LogP) is 3.99. The standard InChI is InChI=1S/C23H22ClN5O3/c1-4-13(2)25-19(30)12-29-11-18(20(31)17-10-5-14(3)26-22(17)29)23-27-21(28-32-23)15-6-8-16(24)9-7-15/h5-11,13H,4,12H2,1-3H3,(H,25,30)/t13-/m1/s1. The molecule has 8 nitrogen and oxygen atoms in total. The van der Waals surface area contributed by atoms with Crippen LogP contribution in [0.15, 0.2) is 51.9 Å². The molecule has 0 bridgehead atoms. The van der Waals surface area contributed by atoms with Crippen molar-refractivity contribution in [2.24, 2.45) is 0 Å². The average Bonchev–Trinajstić information content (AvgIpc) is 3.26. The number of nitrogens with zero attached hydrogens (tertiary/aromatic N) is 4. The van der Waals surface area contributed by atoms with E-state index in [1.807, 2.05) is 20.8 Å². The number of halogens is 1. The van der Waals surface area contributed by atoms with Crippen LogP contribution >= 0.6 is 11.6 Å². The number of benzene rings is 1. The molecule has 1 aromatic carbocycles. The monoisotopic (exact) mass is 451 g/mol. The Labute approximate surface area is 189 Å². The molecule has 0 aliphatic heterocycles. The van der Waals surface area contributed by atoms with Crippen molar-refractivity contribution in [1.82, 2.24) is 25.0 Å². The zero-order chi connectivity index (χ0) is 22.8. The Morgan fingerprint density at radius 1 is 1.19 bits per heavy atom. The lowest BCUT2D eigenvalue weighted by atomic mass is 10.1. The van der Waals surface area contributed by atoms with Crippen LogP contribution in [0.3, 0.4) is 0 Å². The summed E-state index contributed by atoms with van der Waals surface area (Å²) < 4.78 is 7.04. The van der Waals surface area contributed by atoms with Crippen molar-refractivity contribution in [3.63, 3.8) is 0 Å². The van der Waals surface area contributed by atoms with E-state index in [2.05, 4.69) is 20.4 Å². The predicted molar refractivity (Wildman–Crippen MR) is 122 cm³/mol. The SMILES string of the molecule is CC[C@@H](C)NC(=O)Cn1cc(-c2nc(-c3ccc(Cl)cc3)no2)c(=O)c2ccc(C)nc21. The number of amides is 1. The van der Waals surface area contributed by atoms with Crippen molar-refractivity contribution in [2.75, 3.05) is 0 Å². The lowest BCUT2D eigenvalue weighted by Gasteiger charge is -2.15. The molecule has 3 aromatic heterocycles. The highest BCUT2D eigenvalue weighted by Gasteiger charge is 2.19. The summed E-state index contributed by atoms with van der Waals surface area (Å²) in [6.45, 7) is 5.77. The number of pyridine rings is 2. The molecule has 0 radical (unpaired) electrons. The quantitative estimate of drug-likeness (QED) is 0.475. The van der Waals surface area contributed by atoms with Gasteiger partial charge in [-0.15, -0.1) is 0 Å². The van der Waals surface area contributed by atoms with Crippen LogP contribution in [0.1, 0.15) is 26.0 Å². The third kappa shape index (κ3) is 4.40. The molecule has 0 aliphatic carbocycles. The Hall–Kier alpha value is -3.52. The normalized spacial score (nSPS) is 12.1. The van der Waals surface area contributed by atoms with Gasteiger partial charge in [0.1, 0.15) is 17.8 Å². The molecule has 1 atom stereocenters. The molecule has 1 N–H and O–H groups in total. The first-order chi connectivity index (χ1) is 15.4. The zero-order valence-electron chi connectivity index (χ0n) is 17.9. The molecule has 0 saturated carbocycles. The summed E-state index contributed by atoms with van der Waals surface area (Å²) in [7, 11) is 0. The van der Waals surface area contributed by atoms with Crippen LogP contribution in [0.5, 0.6) is 0 Å². The summed E-state index contributed by atoms with van der Waals surface area (Å²) in [6, 6.07) is 10.5. The van der Waals surface area contributed by atoms with Crippen molar-refractivity contribution in [1.29, 1.82) is 0 Å². The van der Waals surface area contributed by atoms with Crippen molar-refractivity contribution < 1.29 is 9.32 Å². The van der Waals surface area contributed by atoms with Crippen molar-refractivity contribution in [3.05, 3.63) is 63.5 Å². The number of fused-ring (bicyclic) bond motifs is 1. The minimum atomic E-state index is -0.294. The van der Waals surface area contributed by atoms with Gasteiger partial charge in [0, 0.05) is 28.5 Å². The van der Waals surface area contributed by atoms with E-state index in [1.165, 1.54) is 0 Å². The van der Waals surface area contributed by atoms with Crippen LogP contribution in [0.2, 0.25) is 5.02 Å². The lowest BCUT2D eigenvalue weighted by Crippen LogP contribution is -2.35. The van der Waals surface area contributed by atoms with Gasteiger partial charge in [-0.1, -0.05) is 23.7 Å². The molecular formula is C23H22ClN5O3. The smallest absolute Gasteiger partial charge is 0.263 e. The number of aryl methyl sites for hydroxylation is 1. The first-order valence-electron chi connectivity index (χ1n) is 10.3. The third-order valence-electron chi connectivity index (χ3n) is 5.15. The second kappa shape index (κ2) is 8.92. The van der Waals surface area contributed by atoms with Gasteiger partial charge in [-0.05, 0) is 56.7 Å². The summed E-state index contributed by atoms with van der Waals surface area (Å²) in [5, 5.41) is 7.89. The first kappa shape index (κ1) is 21.7. The van der Waals surface area contributed by atoms with Gasteiger partial charge in [0.2, 0.25) is 17.2 Å². The number of aromatic nitrogens is 4. The highest BCUT2D eigenvalue weighted by molar-refractivity contribution is 6.30. The second-order valence-electron chi connectivity index (χ2n) is 7.63. The third-order valence-corrected chi connectivity index (χ3v) is 5.41. The Kier molecular flexibility index (Phi) is 6.05. The molecule has 1 amide bonds. The molecular weight excluding hydrogens is 430 g/mol. The molecule has 32 heavy (non-hydrogen) atoms. The van der Waals surface area contributed by atoms with Crippen molar-refractivity contribution in [3.8, 4) is 22.8 Å². The summed E-state index contributed by atoms with van der Waals surface area (Å²) in [5.74, 6) is 0.226. The molecule has 0 saturated heterocycles. The summed E-state index contributed by atoms with van der Waals surface area (Å²) >= 11 is 5.94. The Morgan fingerprint density at radius 3 is 2.66 bits per heavy atom. The van der Waals surface area contributed by atoms with Crippen LogP contribution in [0.25, 0.3) is 33.9 Å². The number of hydrogen-bond donors (Lipinski definition) is 1. The number of carbonyl (C=O) groups excluding carboxylic acids is 1. The average molecular weight is 452 g/mol. The van der Waals surface area contributed by atoms with Crippen LogP contribution in [-0.4, -0.2) is 31.6 Å². The molecule has 0 aliphatic rings. The topological polar surface area (TPSA) is 103 Å². The van der Waals surface area contributed by atoms with Gasteiger partial charge in [0.05, 0.1) is 5.39 Å². The van der Waals surface area contributed by atoms with Gasteiger partial charge in [0.15, 0.2) is 0 Å². The van der Waals surface area contributed by atoms with Gasteiger partial charge in [-0.2, -0.15) is 4.98 Å². The lowest BCUT2D eigenvalue weighted by molar-refractivity contribution is -0.122. The Balaban J connectivity index is 1.79. The van der Waals surface area contributed by atoms with E-state index in [0.717, 1.165) is 12.1 Å². The largest absolute Gasteiger partial charge is 0.352 e. The highest BCUT2D eigenvalue weighted by atomic mass is 35.5. The fourth-order valence-corrected chi connectivity index (χ4v) is 3.39. The van der Waals surface area contributed by atoms with Gasteiger partial charge in [-0.3, -0.25) is 9.59 Å². The van der Waals surface area contributed by atoms with Crippen LogP contribution in [0, 0.1) is 6.92 Å². The number of rotatable bonds is 6. The molecule has 9 heteroatoms. The maximum absolute atomic E-state index is 13.2. The number of hydrogen-bond acceptors (Lipinski definition) is 6. The maximum atomic E-state index is 13.2. The van der Waals surface area contributed by atoms with Crippen LogP contribution < -0.4 is 10.7 Å². The molecule has 164 valence electrons. The van der Waals surface area contributed by atoms with E-state index >= 15 is 0 Å². The maximum Gasteiger partial charge on any atom is 0.263 e. The highest BCUT2D eigenvalue weighted by Crippen LogP contribution is 2.23. The van der Waals surface area contributed by atoms with Gasteiger partial charge in [-0.25, -0.2) is 4.98 Å². The van der Waals surface area contributed by atoms with E-state index in [9.17, 15) is 9.59 Å². The molecule has 0 unspecified atom stereocenters. The van der Waals surface area contributed by atoms with Gasteiger partial charge < -0.3 is 14.4 Å². The van der Waals surface area contributed by atoms with E-state index < -0.39 is 0 Å². The molecule has 4 aromatic rings. The van der Waals surface area contributed by atoms with E-state index in [0.29, 0.717) is 27.4 Å². The Morgan fingerprint density at radius 2 is 1.94 bits per heavy atom. The molecule has 0 spiro atoms. The van der Waals surface area contributed by atoms with Crippen molar-refractivity contribution in [2.45, 2.75) is 39.8 Å². The first-order valence-corrected chi connectivity index (χ1v) is 10.6. The van der Waals surface area contributed by atoms with Crippen molar-refractivity contribution >= 4 is 28.5 Å². The molecule has 0 fully saturated rings. The van der Waals surface area contributed by atoms with E-state index in [1.54, 1.807) is 47.2 Å². The number of carbonyl (C=O) groups is 1. The van der Waals surface area contributed by atoms with E-state index in [-0.39, 0.29) is 35.4 Å². The van der Waals surface area contributed by atoms with Gasteiger partial charge in [0.25, 0.3) is 5.89 Å². The second-order valence-corrected chi connectivity index (χ2v) is 8.07. The van der Waals surface area contributed by atoms with Gasteiger partial charge >= 0.3 is 0 Å². The van der Waals surface area contributed by atoms with Crippen LogP contribution in [0.4, 0.5) is 0 Å². The fourth-order valence-electron chi connectivity index (χ4n) is 3.26. The zero-order valence-corrected chi connectivity index (χ0v) is 18.7. The summed E-state index contributed by atoms with van der Waals surface area (Å²) in [6.07, 6.45) is 2.36. The minimum absolute atomic E-state index is 0.00273. The summed E-state index contributed by atoms with van der Waals surface area (Å²) in [4.78, 5) is 34.6. The van der Waals surface area contributed by atoms with E-state index in [4.69, 9.17) is 16.1 Å². The molecule has 4 rings (SSSR count).